The highest BCUT2D eigenvalue weighted by Crippen LogP contribution is 2.31. The van der Waals surface area contributed by atoms with Gasteiger partial charge in [0.25, 0.3) is 0 Å². The summed E-state index contributed by atoms with van der Waals surface area (Å²) in [5.74, 6) is 0.473. The number of aryl methyl sites for hydroxylation is 1. The summed E-state index contributed by atoms with van der Waals surface area (Å²) >= 11 is 1.39. The summed E-state index contributed by atoms with van der Waals surface area (Å²) in [7, 11) is 0. The van der Waals surface area contributed by atoms with E-state index < -0.39 is 0 Å². The van der Waals surface area contributed by atoms with Gasteiger partial charge in [0.05, 0.1) is 29.4 Å². The van der Waals surface area contributed by atoms with Crippen LogP contribution in [0, 0.1) is 6.92 Å². The highest BCUT2D eigenvalue weighted by molar-refractivity contribution is 8.00. The Kier molecular flexibility index (Phi) is 6.34. The second kappa shape index (κ2) is 9.14. The lowest BCUT2D eigenvalue weighted by molar-refractivity contribution is -0.119. The number of benzene rings is 1. The van der Waals surface area contributed by atoms with E-state index in [-0.39, 0.29) is 23.7 Å². The maximum absolute atomic E-state index is 12.4. The van der Waals surface area contributed by atoms with E-state index in [4.69, 9.17) is 4.74 Å². The Labute approximate surface area is 180 Å². The second-order valence-corrected chi connectivity index (χ2v) is 8.89. The number of rotatable bonds is 7. The van der Waals surface area contributed by atoms with E-state index in [1.165, 1.54) is 17.3 Å². The largest absolute Gasteiger partial charge is 0.376 e. The average molecular weight is 426 g/mol. The topological polar surface area (TPSA) is 81.9 Å². The van der Waals surface area contributed by atoms with Crippen molar-refractivity contribution in [2.75, 3.05) is 18.9 Å². The van der Waals surface area contributed by atoms with Crippen LogP contribution >= 0.6 is 11.8 Å². The van der Waals surface area contributed by atoms with E-state index in [0.717, 1.165) is 41.7 Å². The zero-order valence-corrected chi connectivity index (χ0v) is 18.4. The maximum Gasteiger partial charge on any atom is 0.230 e. The molecule has 1 atom stereocenters. The van der Waals surface area contributed by atoms with Gasteiger partial charge in [-0.15, -0.1) is 5.10 Å². The normalized spacial score (nSPS) is 16.5. The molecule has 158 valence electrons. The maximum atomic E-state index is 12.4. The molecule has 0 unspecified atom stereocenters. The Morgan fingerprint density at radius 1 is 1.30 bits per heavy atom. The summed E-state index contributed by atoms with van der Waals surface area (Å²) in [6, 6.07) is 8.21. The number of ether oxygens (including phenoxy) is 1. The van der Waals surface area contributed by atoms with Crippen molar-refractivity contribution in [3.05, 3.63) is 41.7 Å². The third kappa shape index (κ3) is 4.49. The van der Waals surface area contributed by atoms with Crippen LogP contribution in [0.25, 0.3) is 16.6 Å². The van der Waals surface area contributed by atoms with Gasteiger partial charge >= 0.3 is 0 Å². The van der Waals surface area contributed by atoms with E-state index in [0.29, 0.717) is 11.6 Å². The van der Waals surface area contributed by atoms with Crippen LogP contribution in [0.15, 0.2) is 35.5 Å². The lowest BCUT2D eigenvalue weighted by Gasteiger charge is -2.12. The number of carbonyl (C=O) groups is 1. The molecule has 8 heteroatoms. The van der Waals surface area contributed by atoms with Gasteiger partial charge in [-0.3, -0.25) is 4.79 Å². The van der Waals surface area contributed by atoms with Gasteiger partial charge in [0, 0.05) is 18.5 Å². The van der Waals surface area contributed by atoms with E-state index in [9.17, 15) is 4.79 Å². The second-order valence-electron chi connectivity index (χ2n) is 7.93. The monoisotopic (exact) mass is 425 g/mol. The van der Waals surface area contributed by atoms with Gasteiger partial charge in [0.15, 0.2) is 0 Å². The first-order valence-electron chi connectivity index (χ1n) is 10.4. The molecular weight excluding hydrogens is 398 g/mol. The Morgan fingerprint density at radius 2 is 2.10 bits per heavy atom. The first kappa shape index (κ1) is 20.8. The van der Waals surface area contributed by atoms with Gasteiger partial charge in [-0.25, -0.2) is 4.68 Å². The molecule has 1 amide bonds. The molecule has 1 fully saturated rings. The Hall–Kier alpha value is -2.45. The van der Waals surface area contributed by atoms with Gasteiger partial charge in [0.1, 0.15) is 10.5 Å². The Bertz CT molecular complexity index is 1030. The molecule has 0 spiro atoms. The van der Waals surface area contributed by atoms with Crippen molar-refractivity contribution in [2.24, 2.45) is 0 Å². The number of nitrogens with one attached hydrogen (secondary N) is 1. The van der Waals surface area contributed by atoms with Crippen molar-refractivity contribution in [3.63, 3.8) is 0 Å². The lowest BCUT2D eigenvalue weighted by atomic mass is 10.1. The molecule has 30 heavy (non-hydrogen) atoms. The fourth-order valence-electron chi connectivity index (χ4n) is 3.57. The van der Waals surface area contributed by atoms with Crippen molar-refractivity contribution in [2.45, 2.75) is 50.7 Å². The third-order valence-electron chi connectivity index (χ3n) is 5.21. The zero-order valence-electron chi connectivity index (χ0n) is 17.6. The Balaban J connectivity index is 1.58. The smallest absolute Gasteiger partial charge is 0.230 e. The molecular formula is C22H27N5O2S. The molecule has 1 aromatic carbocycles. The lowest BCUT2D eigenvalue weighted by Crippen LogP contribution is -2.32. The summed E-state index contributed by atoms with van der Waals surface area (Å²) in [5, 5.41) is 18.2. The van der Waals surface area contributed by atoms with Crippen LogP contribution in [-0.2, 0) is 9.53 Å². The van der Waals surface area contributed by atoms with Crippen molar-refractivity contribution in [1.29, 1.82) is 0 Å². The number of hydrogen-bond acceptors (Lipinski definition) is 6. The molecule has 0 bridgehead atoms. The fourth-order valence-corrected chi connectivity index (χ4v) is 4.37. The van der Waals surface area contributed by atoms with Crippen LogP contribution in [0.2, 0.25) is 0 Å². The number of fused-ring (bicyclic) bond motifs is 1. The quantitative estimate of drug-likeness (QED) is 0.582. The minimum atomic E-state index is -0.0280. The summed E-state index contributed by atoms with van der Waals surface area (Å²) in [6.07, 6.45) is 4.06. The molecule has 0 aliphatic carbocycles. The predicted molar refractivity (Wildman–Crippen MR) is 118 cm³/mol. The Morgan fingerprint density at radius 3 is 2.80 bits per heavy atom. The van der Waals surface area contributed by atoms with Gasteiger partial charge in [-0.2, -0.15) is 10.2 Å². The molecule has 4 rings (SSSR count). The first-order valence-corrected chi connectivity index (χ1v) is 11.3. The standard InChI is InChI=1S/C22H27N5O2S/c1-14(2)20-18-12-24-27(16-8-6-15(3)7-9-16)21(18)22(26-25-20)30-13-19(28)23-11-17-5-4-10-29-17/h6-9,12,14,17H,4-5,10-11,13H2,1-3H3,(H,23,28)/t17-/m0/s1. The highest BCUT2D eigenvalue weighted by Gasteiger charge is 2.20. The summed E-state index contributed by atoms with van der Waals surface area (Å²) in [4.78, 5) is 12.4. The first-order chi connectivity index (χ1) is 14.5. The van der Waals surface area contributed by atoms with Gasteiger partial charge < -0.3 is 10.1 Å². The number of thioether (sulfide) groups is 1. The number of hydrogen-bond donors (Lipinski definition) is 1. The van der Waals surface area contributed by atoms with Crippen LogP contribution in [0.5, 0.6) is 0 Å². The SMILES string of the molecule is Cc1ccc(-n2ncc3c(C(C)C)nnc(SCC(=O)NC[C@@H]4CCCO4)c32)cc1. The van der Waals surface area contributed by atoms with Gasteiger partial charge in [-0.1, -0.05) is 43.3 Å². The molecule has 1 N–H and O–H groups in total. The molecule has 1 saturated heterocycles. The van der Waals surface area contributed by atoms with Gasteiger partial charge in [-0.05, 0) is 37.8 Å². The van der Waals surface area contributed by atoms with Crippen LogP contribution in [0.3, 0.4) is 0 Å². The van der Waals surface area contributed by atoms with Gasteiger partial charge in [0.2, 0.25) is 5.91 Å². The van der Waals surface area contributed by atoms with Crippen molar-refractivity contribution in [1.82, 2.24) is 25.3 Å². The van der Waals surface area contributed by atoms with Crippen molar-refractivity contribution >= 4 is 28.6 Å². The summed E-state index contributed by atoms with van der Waals surface area (Å²) in [5.41, 5.74) is 3.96. The van der Waals surface area contributed by atoms with E-state index in [2.05, 4.69) is 53.5 Å². The average Bonchev–Trinajstić information content (AvgIpc) is 3.41. The highest BCUT2D eigenvalue weighted by atomic mass is 32.2. The minimum Gasteiger partial charge on any atom is -0.376 e. The number of nitrogens with zero attached hydrogens (tertiary/aromatic N) is 4. The van der Waals surface area contributed by atoms with Crippen molar-refractivity contribution < 1.29 is 9.53 Å². The van der Waals surface area contributed by atoms with Crippen LogP contribution in [-0.4, -0.2) is 50.9 Å². The molecule has 0 radical (unpaired) electrons. The molecule has 7 nitrogen and oxygen atoms in total. The molecule has 3 aromatic rings. The van der Waals surface area contributed by atoms with Crippen molar-refractivity contribution in [3.8, 4) is 5.69 Å². The molecule has 1 aliphatic heterocycles. The molecule has 1 aliphatic rings. The third-order valence-corrected chi connectivity index (χ3v) is 6.17. The summed E-state index contributed by atoms with van der Waals surface area (Å²) < 4.78 is 7.46. The number of aromatic nitrogens is 4. The molecule has 2 aromatic heterocycles. The van der Waals surface area contributed by atoms with Crippen LogP contribution in [0.1, 0.15) is 43.9 Å². The zero-order chi connectivity index (χ0) is 21.1. The number of carbonyl (C=O) groups excluding carboxylic acids is 1. The van der Waals surface area contributed by atoms with Crippen LogP contribution < -0.4 is 5.32 Å². The fraction of sp³-hybridized carbons (Fsp3) is 0.455. The number of amides is 1. The summed E-state index contributed by atoms with van der Waals surface area (Å²) in [6.45, 7) is 7.60. The van der Waals surface area contributed by atoms with E-state index >= 15 is 0 Å². The van der Waals surface area contributed by atoms with Crippen LogP contribution in [0.4, 0.5) is 0 Å². The van der Waals surface area contributed by atoms with E-state index in [1.807, 2.05) is 23.0 Å². The molecule has 0 saturated carbocycles. The minimum absolute atomic E-state index is 0.0280. The molecule has 3 heterocycles. The van der Waals surface area contributed by atoms with E-state index in [1.54, 1.807) is 0 Å². The predicted octanol–water partition coefficient (Wildman–Crippen LogP) is 3.63.